The van der Waals surface area contributed by atoms with Crippen molar-refractivity contribution < 1.29 is 14.1 Å². The van der Waals surface area contributed by atoms with Gasteiger partial charge in [-0.3, -0.25) is 10.2 Å². The molecular weight excluding hydrogens is 290 g/mol. The van der Waals surface area contributed by atoms with E-state index in [2.05, 4.69) is 5.10 Å². The minimum atomic E-state index is -0.681. The summed E-state index contributed by atoms with van der Waals surface area (Å²) in [4.78, 5) is 21.4. The van der Waals surface area contributed by atoms with E-state index in [4.69, 9.17) is 21.9 Å². The van der Waals surface area contributed by atoms with Crippen molar-refractivity contribution >= 4 is 23.3 Å². The Morgan fingerprint density at radius 1 is 1.70 bits per heavy atom. The zero-order chi connectivity index (χ0) is 14.9. The van der Waals surface area contributed by atoms with Crippen LogP contribution in [0.1, 0.15) is 21.9 Å². The number of nitrogen functional groups attached to an aromatic ring is 1. The number of aromatic nitrogens is 2. The number of aryl methyl sites for hydroxylation is 1. The van der Waals surface area contributed by atoms with Gasteiger partial charge in [-0.2, -0.15) is 4.68 Å². The highest BCUT2D eigenvalue weighted by Gasteiger charge is 2.21. The monoisotopic (exact) mass is 299 g/mol. The third kappa shape index (κ3) is 2.63. The number of halogens is 1. The Kier molecular flexibility index (Phi) is 3.72. The number of furan rings is 1. The lowest BCUT2D eigenvalue weighted by Gasteiger charge is -1.93. The Labute approximate surface area is 117 Å². The molecule has 20 heavy (non-hydrogen) atoms. The van der Waals surface area contributed by atoms with Gasteiger partial charge in [-0.15, -0.1) is 0 Å². The standard InChI is InChI=1S/C10H10ClN5O4/c1-5-7(10(17)13-12)2-6(20-5)3-15-4-8(11)9(14-15)16(18)19/h2,4H,3,12H2,1H3,(H,13,17). The van der Waals surface area contributed by atoms with Crippen molar-refractivity contribution in [3.63, 3.8) is 0 Å². The fraction of sp³-hybridized carbons (Fsp3) is 0.200. The molecule has 10 heteroatoms. The normalized spacial score (nSPS) is 10.6. The van der Waals surface area contributed by atoms with Crippen LogP contribution in [-0.2, 0) is 6.54 Å². The highest BCUT2D eigenvalue weighted by atomic mass is 35.5. The zero-order valence-corrected chi connectivity index (χ0v) is 11.0. The van der Waals surface area contributed by atoms with Crippen LogP contribution in [0.2, 0.25) is 5.02 Å². The average molecular weight is 300 g/mol. The lowest BCUT2D eigenvalue weighted by atomic mass is 10.2. The third-order valence-electron chi connectivity index (χ3n) is 2.53. The number of amides is 1. The predicted octanol–water partition coefficient (Wildman–Crippen LogP) is 0.998. The van der Waals surface area contributed by atoms with Crippen molar-refractivity contribution in [3.05, 3.63) is 44.5 Å². The highest BCUT2D eigenvalue weighted by Crippen LogP contribution is 2.22. The van der Waals surface area contributed by atoms with Crippen LogP contribution in [0.3, 0.4) is 0 Å². The molecule has 0 aliphatic rings. The smallest absolute Gasteiger partial charge is 0.408 e. The molecule has 2 aromatic heterocycles. The maximum Gasteiger partial charge on any atom is 0.408 e. The molecule has 0 aliphatic heterocycles. The largest absolute Gasteiger partial charge is 0.463 e. The summed E-state index contributed by atoms with van der Waals surface area (Å²) in [6, 6.07) is 1.49. The van der Waals surface area contributed by atoms with E-state index < -0.39 is 16.6 Å². The van der Waals surface area contributed by atoms with E-state index in [0.717, 1.165) is 0 Å². The third-order valence-corrected chi connectivity index (χ3v) is 2.80. The van der Waals surface area contributed by atoms with Crippen molar-refractivity contribution in [1.82, 2.24) is 15.2 Å². The van der Waals surface area contributed by atoms with E-state index in [9.17, 15) is 14.9 Å². The fourth-order valence-corrected chi connectivity index (χ4v) is 1.90. The van der Waals surface area contributed by atoms with E-state index in [1.165, 1.54) is 16.9 Å². The molecule has 2 heterocycles. The van der Waals surface area contributed by atoms with Crippen LogP contribution in [-0.4, -0.2) is 20.6 Å². The summed E-state index contributed by atoms with van der Waals surface area (Å²) < 4.78 is 6.61. The Morgan fingerprint density at radius 3 is 2.95 bits per heavy atom. The minimum Gasteiger partial charge on any atom is -0.463 e. The quantitative estimate of drug-likeness (QED) is 0.375. The van der Waals surface area contributed by atoms with Crippen LogP contribution in [0.25, 0.3) is 0 Å². The number of hydrazine groups is 1. The van der Waals surface area contributed by atoms with Crippen LogP contribution in [0, 0.1) is 17.0 Å². The van der Waals surface area contributed by atoms with Gasteiger partial charge in [0.25, 0.3) is 5.91 Å². The summed E-state index contributed by atoms with van der Waals surface area (Å²) in [5.74, 6) is 4.90. The van der Waals surface area contributed by atoms with Gasteiger partial charge in [0, 0.05) is 0 Å². The maximum atomic E-state index is 11.4. The number of nitrogens with zero attached hydrogens (tertiary/aromatic N) is 3. The number of hydrogen-bond acceptors (Lipinski definition) is 6. The van der Waals surface area contributed by atoms with Gasteiger partial charge < -0.3 is 14.5 Å². The molecule has 9 nitrogen and oxygen atoms in total. The molecule has 2 rings (SSSR count). The van der Waals surface area contributed by atoms with Crippen LogP contribution in [0.4, 0.5) is 5.82 Å². The lowest BCUT2D eigenvalue weighted by molar-refractivity contribution is -0.389. The summed E-state index contributed by atoms with van der Waals surface area (Å²) in [7, 11) is 0. The van der Waals surface area contributed by atoms with Crippen molar-refractivity contribution in [2.24, 2.45) is 5.84 Å². The second kappa shape index (κ2) is 5.31. The first-order chi connectivity index (χ1) is 9.42. The summed E-state index contributed by atoms with van der Waals surface area (Å²) in [6.07, 6.45) is 1.31. The van der Waals surface area contributed by atoms with Crippen LogP contribution < -0.4 is 11.3 Å². The van der Waals surface area contributed by atoms with E-state index >= 15 is 0 Å². The number of nitrogens with one attached hydrogen (secondary N) is 1. The second-order valence-electron chi connectivity index (χ2n) is 3.91. The number of carbonyl (C=O) groups is 1. The molecule has 0 bridgehead atoms. The van der Waals surface area contributed by atoms with Crippen molar-refractivity contribution in [2.45, 2.75) is 13.5 Å². The topological polar surface area (TPSA) is 129 Å². The first-order valence-electron chi connectivity index (χ1n) is 5.40. The van der Waals surface area contributed by atoms with Crippen LogP contribution >= 0.6 is 11.6 Å². The first kappa shape index (κ1) is 14.0. The molecule has 0 fully saturated rings. The lowest BCUT2D eigenvalue weighted by Crippen LogP contribution is -2.30. The van der Waals surface area contributed by atoms with Gasteiger partial charge in [0.2, 0.25) is 0 Å². The number of nitro groups is 1. The van der Waals surface area contributed by atoms with Crippen LogP contribution in [0.5, 0.6) is 0 Å². The number of hydrogen-bond donors (Lipinski definition) is 2. The Hall–Kier alpha value is -2.39. The van der Waals surface area contributed by atoms with Crippen LogP contribution in [0.15, 0.2) is 16.7 Å². The SMILES string of the molecule is Cc1oc(Cn2cc(Cl)c([N+](=O)[O-])n2)cc1C(=O)NN. The summed E-state index contributed by atoms with van der Waals surface area (Å²) >= 11 is 5.68. The van der Waals surface area contributed by atoms with Gasteiger partial charge >= 0.3 is 5.82 Å². The fourth-order valence-electron chi connectivity index (χ4n) is 1.68. The molecule has 106 valence electrons. The minimum absolute atomic E-state index is 0.0711. The summed E-state index contributed by atoms with van der Waals surface area (Å²) in [5.41, 5.74) is 2.28. The molecule has 0 saturated carbocycles. The predicted molar refractivity (Wildman–Crippen MR) is 68.1 cm³/mol. The van der Waals surface area contributed by atoms with Crippen molar-refractivity contribution in [3.8, 4) is 0 Å². The zero-order valence-electron chi connectivity index (χ0n) is 10.3. The van der Waals surface area contributed by atoms with Gasteiger partial charge in [0.05, 0.1) is 16.9 Å². The molecule has 0 aliphatic carbocycles. The summed E-state index contributed by atoms with van der Waals surface area (Å²) in [5, 5.41) is 14.3. The van der Waals surface area contributed by atoms with Gasteiger partial charge in [0.1, 0.15) is 18.1 Å². The second-order valence-corrected chi connectivity index (χ2v) is 4.32. The molecule has 1 amide bonds. The van der Waals surface area contributed by atoms with E-state index in [1.54, 1.807) is 6.92 Å². The number of rotatable bonds is 4. The van der Waals surface area contributed by atoms with Gasteiger partial charge in [-0.05, 0) is 17.9 Å². The Bertz CT molecular complexity index is 677. The molecule has 2 aromatic rings. The summed E-state index contributed by atoms with van der Waals surface area (Å²) in [6.45, 7) is 1.71. The van der Waals surface area contributed by atoms with Gasteiger partial charge in [-0.25, -0.2) is 5.84 Å². The molecule has 0 radical (unpaired) electrons. The van der Waals surface area contributed by atoms with Gasteiger partial charge in [-0.1, -0.05) is 11.6 Å². The molecule has 0 atom stereocenters. The first-order valence-corrected chi connectivity index (χ1v) is 5.77. The van der Waals surface area contributed by atoms with Gasteiger partial charge in [0.15, 0.2) is 5.02 Å². The molecule has 0 aromatic carbocycles. The Balaban J connectivity index is 2.24. The Morgan fingerprint density at radius 2 is 2.40 bits per heavy atom. The van der Waals surface area contributed by atoms with Crippen molar-refractivity contribution in [1.29, 1.82) is 0 Å². The highest BCUT2D eigenvalue weighted by molar-refractivity contribution is 6.32. The molecule has 0 unspecified atom stereocenters. The molecule has 0 saturated heterocycles. The van der Waals surface area contributed by atoms with E-state index in [0.29, 0.717) is 11.5 Å². The molecule has 3 N–H and O–H groups in total. The maximum absolute atomic E-state index is 11.4. The number of nitrogens with two attached hydrogens (primary N) is 1. The van der Waals surface area contributed by atoms with E-state index in [-0.39, 0.29) is 17.1 Å². The molecule has 0 spiro atoms. The van der Waals surface area contributed by atoms with E-state index in [1.807, 2.05) is 5.43 Å². The average Bonchev–Trinajstić information content (AvgIpc) is 2.92. The number of carbonyl (C=O) groups excluding carboxylic acids is 1. The molecular formula is C10H10ClN5O4. The van der Waals surface area contributed by atoms with Crippen molar-refractivity contribution in [2.75, 3.05) is 0 Å².